The summed E-state index contributed by atoms with van der Waals surface area (Å²) >= 11 is 0. The quantitative estimate of drug-likeness (QED) is 0.750. The van der Waals surface area contributed by atoms with Crippen LogP contribution in [0.1, 0.15) is 34.3 Å². The van der Waals surface area contributed by atoms with Gasteiger partial charge in [0, 0.05) is 25.2 Å². The summed E-state index contributed by atoms with van der Waals surface area (Å²) in [6.45, 7) is -0.0952. The topological polar surface area (TPSA) is 75.4 Å². The number of benzene rings is 2. The molecule has 0 unspecified atom stereocenters. The summed E-state index contributed by atoms with van der Waals surface area (Å²) in [6, 6.07) is 9.69. The molecule has 5 nitrogen and oxygen atoms in total. The standard InChI is InChI=1S/C20H20F3N3O2.ClH/c1-26(19(28)13-6-7-13)17-5-3-2-4-16(17)18(27)25-15-9-12(11-24)8-14(10-15)20(21,22)23;/h2-5,8-10,13H,6-7,11,24H2,1H3,(H,25,27);1H. The predicted molar refractivity (Wildman–Crippen MR) is 107 cm³/mol. The van der Waals surface area contributed by atoms with Crippen molar-refractivity contribution >= 4 is 35.6 Å². The molecule has 0 saturated heterocycles. The lowest BCUT2D eigenvalue weighted by molar-refractivity contribution is -0.137. The Morgan fingerprint density at radius 2 is 1.83 bits per heavy atom. The van der Waals surface area contributed by atoms with E-state index in [1.54, 1.807) is 25.2 Å². The van der Waals surface area contributed by atoms with Crippen LogP contribution in [0.3, 0.4) is 0 Å². The van der Waals surface area contributed by atoms with Gasteiger partial charge < -0.3 is 16.0 Å². The van der Waals surface area contributed by atoms with Crippen LogP contribution >= 0.6 is 12.4 Å². The van der Waals surface area contributed by atoms with Gasteiger partial charge in [-0.2, -0.15) is 13.2 Å². The van der Waals surface area contributed by atoms with Crippen LogP contribution in [-0.4, -0.2) is 18.9 Å². The van der Waals surface area contributed by atoms with Gasteiger partial charge >= 0.3 is 6.18 Å². The largest absolute Gasteiger partial charge is 0.416 e. The Bertz CT molecular complexity index is 914. The summed E-state index contributed by atoms with van der Waals surface area (Å²) in [5, 5.41) is 2.49. The first kappa shape index (κ1) is 22.7. The number of carbonyl (C=O) groups excluding carboxylic acids is 2. The van der Waals surface area contributed by atoms with E-state index in [1.165, 1.54) is 17.0 Å². The first-order valence-electron chi connectivity index (χ1n) is 8.80. The molecule has 2 aromatic rings. The second kappa shape index (κ2) is 8.84. The number of nitrogens with two attached hydrogens (primary N) is 1. The molecule has 1 aliphatic rings. The number of carbonyl (C=O) groups is 2. The summed E-state index contributed by atoms with van der Waals surface area (Å²) in [4.78, 5) is 26.5. The van der Waals surface area contributed by atoms with Crippen LogP contribution < -0.4 is 16.0 Å². The Labute approximate surface area is 172 Å². The zero-order valence-electron chi connectivity index (χ0n) is 15.6. The lowest BCUT2D eigenvalue weighted by Gasteiger charge is -2.20. The highest BCUT2D eigenvalue weighted by Gasteiger charge is 2.34. The van der Waals surface area contributed by atoms with Gasteiger partial charge in [0.2, 0.25) is 5.91 Å². The summed E-state index contributed by atoms with van der Waals surface area (Å²) in [5.74, 6) is -0.713. The van der Waals surface area contributed by atoms with E-state index in [0.717, 1.165) is 25.0 Å². The van der Waals surface area contributed by atoms with Crippen LogP contribution in [0.5, 0.6) is 0 Å². The molecule has 0 spiro atoms. The van der Waals surface area contributed by atoms with Crippen molar-refractivity contribution < 1.29 is 22.8 Å². The first-order valence-corrected chi connectivity index (χ1v) is 8.80. The van der Waals surface area contributed by atoms with Gasteiger partial charge in [-0.15, -0.1) is 12.4 Å². The minimum Gasteiger partial charge on any atom is -0.326 e. The highest BCUT2D eigenvalue weighted by molar-refractivity contribution is 6.11. The SMILES string of the molecule is CN(C(=O)C1CC1)c1ccccc1C(=O)Nc1cc(CN)cc(C(F)(F)F)c1.Cl. The van der Waals surface area contributed by atoms with Gasteiger partial charge in [-0.05, 0) is 48.7 Å². The fraction of sp³-hybridized carbons (Fsp3) is 0.300. The lowest BCUT2D eigenvalue weighted by Crippen LogP contribution is -2.30. The molecule has 1 fully saturated rings. The van der Waals surface area contributed by atoms with Crippen molar-refractivity contribution in [2.24, 2.45) is 11.7 Å². The van der Waals surface area contributed by atoms with Crippen molar-refractivity contribution in [3.05, 3.63) is 59.2 Å². The maximum Gasteiger partial charge on any atom is 0.416 e. The Hall–Kier alpha value is -2.58. The number of amides is 2. The van der Waals surface area contributed by atoms with Crippen molar-refractivity contribution in [3.63, 3.8) is 0 Å². The summed E-state index contributed by atoms with van der Waals surface area (Å²) in [7, 11) is 1.59. The first-order chi connectivity index (χ1) is 13.2. The lowest BCUT2D eigenvalue weighted by atomic mass is 10.1. The molecule has 2 aromatic carbocycles. The number of nitrogens with zero attached hydrogens (tertiary/aromatic N) is 1. The third-order valence-corrected chi connectivity index (χ3v) is 4.58. The second-order valence-corrected chi connectivity index (χ2v) is 6.76. The Kier molecular flexibility index (Phi) is 6.92. The van der Waals surface area contributed by atoms with E-state index in [1.807, 2.05) is 0 Å². The number of anilines is 2. The number of halogens is 4. The number of hydrogen-bond donors (Lipinski definition) is 2. The van der Waals surface area contributed by atoms with E-state index < -0.39 is 17.6 Å². The molecule has 156 valence electrons. The number of nitrogens with one attached hydrogen (secondary N) is 1. The number of rotatable bonds is 5. The van der Waals surface area contributed by atoms with E-state index in [4.69, 9.17) is 5.73 Å². The zero-order valence-corrected chi connectivity index (χ0v) is 16.4. The molecular formula is C20H21ClF3N3O2. The van der Waals surface area contributed by atoms with Crippen LogP contribution in [0.2, 0.25) is 0 Å². The molecule has 3 rings (SSSR count). The van der Waals surface area contributed by atoms with Crippen LogP contribution in [0, 0.1) is 5.92 Å². The highest BCUT2D eigenvalue weighted by Crippen LogP contribution is 2.34. The zero-order chi connectivity index (χ0) is 20.5. The molecule has 0 radical (unpaired) electrons. The predicted octanol–water partition coefficient (Wildman–Crippen LogP) is 4.21. The van der Waals surface area contributed by atoms with Crippen molar-refractivity contribution in [2.75, 3.05) is 17.3 Å². The molecule has 0 atom stereocenters. The van der Waals surface area contributed by atoms with Crippen molar-refractivity contribution in [1.82, 2.24) is 0 Å². The highest BCUT2D eigenvalue weighted by atomic mass is 35.5. The van der Waals surface area contributed by atoms with Crippen LogP contribution in [0.4, 0.5) is 24.5 Å². The van der Waals surface area contributed by atoms with E-state index in [9.17, 15) is 22.8 Å². The van der Waals surface area contributed by atoms with Crippen molar-refractivity contribution in [1.29, 1.82) is 0 Å². The Balaban J connectivity index is 0.00000300. The fourth-order valence-corrected chi connectivity index (χ4v) is 2.93. The minimum atomic E-state index is -4.56. The average Bonchev–Trinajstić information content (AvgIpc) is 3.51. The van der Waals surface area contributed by atoms with Gasteiger partial charge in [0.05, 0.1) is 16.8 Å². The van der Waals surface area contributed by atoms with Gasteiger partial charge in [0.1, 0.15) is 0 Å². The number of hydrogen-bond acceptors (Lipinski definition) is 3. The molecular weight excluding hydrogens is 407 g/mol. The molecule has 9 heteroatoms. The Morgan fingerprint density at radius 3 is 2.41 bits per heavy atom. The van der Waals surface area contributed by atoms with Gasteiger partial charge in [-0.1, -0.05) is 12.1 Å². The van der Waals surface area contributed by atoms with Crippen molar-refractivity contribution in [3.8, 4) is 0 Å². The fourth-order valence-electron chi connectivity index (χ4n) is 2.93. The van der Waals surface area contributed by atoms with Gasteiger partial charge in [0.15, 0.2) is 0 Å². The molecule has 1 aliphatic carbocycles. The molecule has 0 aliphatic heterocycles. The second-order valence-electron chi connectivity index (χ2n) is 6.76. The van der Waals surface area contributed by atoms with Crippen molar-refractivity contribution in [2.45, 2.75) is 25.6 Å². The molecule has 0 bridgehead atoms. The molecule has 3 N–H and O–H groups in total. The maximum atomic E-state index is 13.1. The van der Waals surface area contributed by atoms with E-state index in [2.05, 4.69) is 5.32 Å². The smallest absolute Gasteiger partial charge is 0.326 e. The van der Waals surface area contributed by atoms with E-state index >= 15 is 0 Å². The van der Waals surface area contributed by atoms with Gasteiger partial charge in [-0.3, -0.25) is 9.59 Å². The third-order valence-electron chi connectivity index (χ3n) is 4.58. The molecule has 2 amide bonds. The molecule has 1 saturated carbocycles. The van der Waals surface area contributed by atoms with Gasteiger partial charge in [0.25, 0.3) is 5.91 Å². The summed E-state index contributed by atoms with van der Waals surface area (Å²) in [5.41, 5.74) is 5.44. The third kappa shape index (κ3) is 5.27. The normalized spacial score (nSPS) is 13.4. The molecule has 0 aromatic heterocycles. The summed E-state index contributed by atoms with van der Waals surface area (Å²) in [6.07, 6.45) is -2.91. The van der Waals surface area contributed by atoms with Crippen LogP contribution in [0.15, 0.2) is 42.5 Å². The van der Waals surface area contributed by atoms with E-state index in [0.29, 0.717) is 5.69 Å². The maximum absolute atomic E-state index is 13.1. The van der Waals surface area contributed by atoms with Crippen LogP contribution in [-0.2, 0) is 17.5 Å². The van der Waals surface area contributed by atoms with Crippen LogP contribution in [0.25, 0.3) is 0 Å². The minimum absolute atomic E-state index is 0. The van der Waals surface area contributed by atoms with E-state index in [-0.39, 0.29) is 47.6 Å². The number of alkyl halides is 3. The number of para-hydroxylation sites is 1. The average molecular weight is 428 g/mol. The molecule has 0 heterocycles. The Morgan fingerprint density at radius 1 is 1.17 bits per heavy atom. The molecule has 29 heavy (non-hydrogen) atoms. The monoisotopic (exact) mass is 427 g/mol. The van der Waals surface area contributed by atoms with Gasteiger partial charge in [-0.25, -0.2) is 0 Å². The summed E-state index contributed by atoms with van der Waals surface area (Å²) < 4.78 is 39.3.